The summed E-state index contributed by atoms with van der Waals surface area (Å²) in [5.74, 6) is 1.73. The van der Waals surface area contributed by atoms with E-state index >= 15 is 0 Å². The van der Waals surface area contributed by atoms with E-state index in [2.05, 4.69) is 46.4 Å². The molecule has 0 radical (unpaired) electrons. The van der Waals surface area contributed by atoms with Crippen molar-refractivity contribution < 1.29 is 0 Å². The molecule has 0 spiro atoms. The van der Waals surface area contributed by atoms with Crippen LogP contribution in [0.2, 0.25) is 0 Å². The molecule has 0 aromatic carbocycles. The van der Waals surface area contributed by atoms with Crippen LogP contribution in [0, 0.1) is 17.3 Å². The van der Waals surface area contributed by atoms with Crippen LogP contribution >= 0.6 is 0 Å². The number of likely N-dealkylation sites (tertiary alicyclic amines) is 1. The standard InChI is InChI=1S/C14H29N/c1-11(2)13(5)7-8-14(6)9-15(10-14)12(3)4/h11-13H,7-10H2,1-6H3. The first-order chi connectivity index (χ1) is 6.84. The summed E-state index contributed by atoms with van der Waals surface area (Å²) in [6, 6.07) is 0.737. The summed E-state index contributed by atoms with van der Waals surface area (Å²) in [5.41, 5.74) is 0.618. The van der Waals surface area contributed by atoms with Crippen LogP contribution in [0.15, 0.2) is 0 Å². The molecule has 1 rings (SSSR count). The van der Waals surface area contributed by atoms with Crippen LogP contribution in [0.5, 0.6) is 0 Å². The van der Waals surface area contributed by atoms with Crippen molar-refractivity contribution in [1.82, 2.24) is 4.90 Å². The van der Waals surface area contributed by atoms with E-state index in [0.29, 0.717) is 5.41 Å². The summed E-state index contributed by atoms with van der Waals surface area (Å²) in [5, 5.41) is 0. The van der Waals surface area contributed by atoms with Crippen LogP contribution in [0.3, 0.4) is 0 Å². The van der Waals surface area contributed by atoms with Crippen LogP contribution in [0.25, 0.3) is 0 Å². The van der Waals surface area contributed by atoms with Crippen LogP contribution in [0.4, 0.5) is 0 Å². The van der Waals surface area contributed by atoms with Gasteiger partial charge in [0.05, 0.1) is 0 Å². The van der Waals surface area contributed by atoms with Crippen molar-refractivity contribution in [3.8, 4) is 0 Å². The Kier molecular flexibility index (Phi) is 4.22. The lowest BCUT2D eigenvalue weighted by Gasteiger charge is -2.51. The number of hydrogen-bond donors (Lipinski definition) is 0. The largest absolute Gasteiger partial charge is 0.300 e. The van der Waals surface area contributed by atoms with Crippen LogP contribution in [-0.4, -0.2) is 24.0 Å². The average Bonchev–Trinajstić information content (AvgIpc) is 2.09. The maximum Gasteiger partial charge on any atom is 0.00505 e. The Hall–Kier alpha value is -0.0400. The zero-order valence-corrected chi connectivity index (χ0v) is 11.5. The first kappa shape index (κ1) is 13.0. The van der Waals surface area contributed by atoms with Gasteiger partial charge in [0.1, 0.15) is 0 Å². The predicted octanol–water partition coefficient (Wildman–Crippen LogP) is 3.79. The van der Waals surface area contributed by atoms with Gasteiger partial charge in [-0.1, -0.05) is 27.7 Å². The van der Waals surface area contributed by atoms with Gasteiger partial charge in [-0.15, -0.1) is 0 Å². The molecule has 1 nitrogen and oxygen atoms in total. The van der Waals surface area contributed by atoms with Gasteiger partial charge in [-0.05, 0) is 43.9 Å². The van der Waals surface area contributed by atoms with Crippen LogP contribution in [-0.2, 0) is 0 Å². The maximum absolute atomic E-state index is 2.58. The van der Waals surface area contributed by atoms with Gasteiger partial charge in [-0.2, -0.15) is 0 Å². The minimum absolute atomic E-state index is 0.618. The van der Waals surface area contributed by atoms with E-state index in [1.807, 2.05) is 0 Å². The average molecular weight is 211 g/mol. The molecule has 0 aromatic rings. The van der Waals surface area contributed by atoms with E-state index in [1.54, 1.807) is 0 Å². The van der Waals surface area contributed by atoms with Gasteiger partial charge < -0.3 is 0 Å². The van der Waals surface area contributed by atoms with Gasteiger partial charge in [-0.3, -0.25) is 4.90 Å². The Morgan fingerprint density at radius 3 is 2.00 bits per heavy atom. The molecule has 1 heterocycles. The van der Waals surface area contributed by atoms with Gasteiger partial charge in [-0.25, -0.2) is 0 Å². The molecule has 1 aliphatic heterocycles. The molecule has 1 saturated heterocycles. The molecule has 0 aliphatic carbocycles. The first-order valence-electron chi connectivity index (χ1n) is 6.58. The van der Waals surface area contributed by atoms with Gasteiger partial charge in [0.15, 0.2) is 0 Å². The van der Waals surface area contributed by atoms with E-state index in [0.717, 1.165) is 17.9 Å². The van der Waals surface area contributed by atoms with Crippen molar-refractivity contribution in [3.63, 3.8) is 0 Å². The molecule has 0 saturated carbocycles. The molecule has 90 valence electrons. The minimum Gasteiger partial charge on any atom is -0.300 e. The van der Waals surface area contributed by atoms with E-state index in [4.69, 9.17) is 0 Å². The second-order valence-corrected chi connectivity index (χ2v) is 6.57. The summed E-state index contributed by atoms with van der Waals surface area (Å²) in [4.78, 5) is 2.58. The van der Waals surface area contributed by atoms with Gasteiger partial charge in [0.25, 0.3) is 0 Å². The van der Waals surface area contributed by atoms with Gasteiger partial charge >= 0.3 is 0 Å². The molecule has 1 heteroatoms. The second-order valence-electron chi connectivity index (χ2n) is 6.57. The van der Waals surface area contributed by atoms with E-state index in [1.165, 1.54) is 25.9 Å². The lowest BCUT2D eigenvalue weighted by atomic mass is 9.74. The predicted molar refractivity (Wildman–Crippen MR) is 68.1 cm³/mol. The van der Waals surface area contributed by atoms with Crippen LogP contribution < -0.4 is 0 Å². The Balaban J connectivity index is 2.23. The zero-order valence-electron chi connectivity index (χ0n) is 11.5. The summed E-state index contributed by atoms with van der Waals surface area (Å²) in [7, 11) is 0. The van der Waals surface area contributed by atoms with E-state index in [9.17, 15) is 0 Å². The molecule has 0 aromatic heterocycles. The molecule has 15 heavy (non-hydrogen) atoms. The zero-order chi connectivity index (χ0) is 11.6. The third-order valence-corrected chi connectivity index (χ3v) is 4.24. The molecular formula is C14H29N. The topological polar surface area (TPSA) is 3.24 Å². The number of hydrogen-bond acceptors (Lipinski definition) is 1. The lowest BCUT2D eigenvalue weighted by Crippen LogP contribution is -2.57. The summed E-state index contributed by atoms with van der Waals surface area (Å²) >= 11 is 0. The lowest BCUT2D eigenvalue weighted by molar-refractivity contribution is -0.0185. The van der Waals surface area contributed by atoms with Gasteiger partial charge in [0.2, 0.25) is 0 Å². The highest BCUT2D eigenvalue weighted by Gasteiger charge is 2.39. The summed E-state index contributed by atoms with van der Waals surface area (Å²) < 4.78 is 0. The molecule has 0 bridgehead atoms. The third-order valence-electron chi connectivity index (χ3n) is 4.24. The van der Waals surface area contributed by atoms with Crippen molar-refractivity contribution in [2.24, 2.45) is 17.3 Å². The fourth-order valence-electron chi connectivity index (χ4n) is 2.37. The highest BCUT2D eigenvalue weighted by Crippen LogP contribution is 2.37. The Labute approximate surface area is 96.2 Å². The summed E-state index contributed by atoms with van der Waals surface area (Å²) in [6.07, 6.45) is 2.82. The molecule has 1 atom stereocenters. The van der Waals surface area contributed by atoms with Crippen molar-refractivity contribution in [2.75, 3.05) is 13.1 Å². The maximum atomic E-state index is 2.58. The second kappa shape index (κ2) is 4.86. The SMILES string of the molecule is CC(C)C(C)CCC1(C)CN(C(C)C)C1. The molecule has 1 fully saturated rings. The number of rotatable bonds is 5. The molecule has 1 unspecified atom stereocenters. The van der Waals surface area contributed by atoms with Gasteiger partial charge in [0, 0.05) is 19.1 Å². The Bertz CT molecular complexity index is 190. The Morgan fingerprint density at radius 2 is 1.60 bits per heavy atom. The molecular weight excluding hydrogens is 182 g/mol. The van der Waals surface area contributed by atoms with E-state index in [-0.39, 0.29) is 0 Å². The van der Waals surface area contributed by atoms with E-state index < -0.39 is 0 Å². The fraction of sp³-hybridized carbons (Fsp3) is 1.00. The molecule has 0 amide bonds. The third kappa shape index (κ3) is 3.48. The van der Waals surface area contributed by atoms with Crippen LogP contribution in [0.1, 0.15) is 54.4 Å². The van der Waals surface area contributed by atoms with Crippen molar-refractivity contribution in [3.05, 3.63) is 0 Å². The molecule has 1 aliphatic rings. The van der Waals surface area contributed by atoms with Crippen molar-refractivity contribution in [1.29, 1.82) is 0 Å². The minimum atomic E-state index is 0.618. The highest BCUT2D eigenvalue weighted by atomic mass is 15.2. The fourth-order valence-corrected chi connectivity index (χ4v) is 2.37. The quantitative estimate of drug-likeness (QED) is 0.669. The Morgan fingerprint density at radius 1 is 1.07 bits per heavy atom. The smallest absolute Gasteiger partial charge is 0.00505 e. The van der Waals surface area contributed by atoms with Crippen molar-refractivity contribution >= 4 is 0 Å². The highest BCUT2D eigenvalue weighted by molar-refractivity contribution is 4.92. The monoisotopic (exact) mass is 211 g/mol. The number of nitrogens with zero attached hydrogens (tertiary/aromatic N) is 1. The first-order valence-corrected chi connectivity index (χ1v) is 6.58. The summed E-state index contributed by atoms with van der Waals surface area (Å²) in [6.45, 7) is 16.8. The normalized spacial score (nSPS) is 23.2. The molecule has 0 N–H and O–H groups in total. The van der Waals surface area contributed by atoms with Crippen molar-refractivity contribution in [2.45, 2.75) is 60.4 Å².